The number of nitriles is 1. The normalized spacial score (nSPS) is 18.3. The van der Waals surface area contributed by atoms with E-state index in [1.807, 2.05) is 13.8 Å². The average Bonchev–Trinajstić information content (AvgIpc) is 2.45. The van der Waals surface area contributed by atoms with E-state index >= 15 is 0 Å². The van der Waals surface area contributed by atoms with Gasteiger partial charge in [0.15, 0.2) is 0 Å². The van der Waals surface area contributed by atoms with Crippen molar-refractivity contribution in [1.29, 1.82) is 5.26 Å². The second-order valence-corrected chi connectivity index (χ2v) is 6.75. The minimum absolute atomic E-state index is 0.0458. The lowest BCUT2D eigenvalue weighted by atomic mass is 9.75. The molecule has 0 heterocycles. The second kappa shape index (κ2) is 7.67. The van der Waals surface area contributed by atoms with E-state index in [2.05, 4.69) is 18.3 Å². The zero-order valence-corrected chi connectivity index (χ0v) is 13.4. The van der Waals surface area contributed by atoms with Gasteiger partial charge in [-0.05, 0) is 31.1 Å². The van der Waals surface area contributed by atoms with E-state index in [1.165, 1.54) is 32.1 Å². The molecular weight excluding hydrogens is 248 g/mol. The first-order chi connectivity index (χ1) is 9.52. The molecule has 1 fully saturated rings. The number of carbonyl (C=O) groups excluding carboxylic acids is 1. The standard InChI is InChI=1S/C17H30N2O/c1-4-9-17(13-18,10-5-2)15(20)19-14-16(3)11-7-6-8-12-16/h4-12,14H2,1-3H3,(H,19,20). The van der Waals surface area contributed by atoms with Crippen molar-refractivity contribution in [2.24, 2.45) is 10.8 Å². The Morgan fingerprint density at radius 2 is 1.75 bits per heavy atom. The SMILES string of the molecule is CCCC(C#N)(CCC)C(=O)NCC1(C)CCCCC1. The molecule has 3 nitrogen and oxygen atoms in total. The van der Waals surface area contributed by atoms with Crippen LogP contribution in [0.4, 0.5) is 0 Å². The zero-order chi connectivity index (χ0) is 15.1. The van der Waals surface area contributed by atoms with Gasteiger partial charge in [-0.3, -0.25) is 4.79 Å². The lowest BCUT2D eigenvalue weighted by Gasteiger charge is -2.35. The Morgan fingerprint density at radius 3 is 2.20 bits per heavy atom. The highest BCUT2D eigenvalue weighted by Gasteiger charge is 2.38. The molecule has 0 aliphatic heterocycles. The smallest absolute Gasteiger partial charge is 0.240 e. The van der Waals surface area contributed by atoms with Crippen molar-refractivity contribution < 1.29 is 4.79 Å². The zero-order valence-electron chi connectivity index (χ0n) is 13.4. The van der Waals surface area contributed by atoms with Gasteiger partial charge in [-0.1, -0.05) is 52.9 Å². The van der Waals surface area contributed by atoms with Gasteiger partial charge in [0.05, 0.1) is 6.07 Å². The third-order valence-electron chi connectivity index (χ3n) is 4.74. The fraction of sp³-hybridized carbons (Fsp3) is 0.882. The number of amides is 1. The Kier molecular flexibility index (Phi) is 6.52. The van der Waals surface area contributed by atoms with Crippen molar-refractivity contribution in [2.75, 3.05) is 6.54 Å². The Labute approximate surface area is 124 Å². The maximum absolute atomic E-state index is 12.5. The molecule has 0 radical (unpaired) electrons. The number of rotatable bonds is 7. The predicted molar refractivity (Wildman–Crippen MR) is 82.1 cm³/mol. The summed E-state index contributed by atoms with van der Waals surface area (Å²) in [6.07, 6.45) is 9.30. The van der Waals surface area contributed by atoms with E-state index in [0.717, 1.165) is 19.4 Å². The van der Waals surface area contributed by atoms with Crippen LogP contribution in [0.3, 0.4) is 0 Å². The molecule has 0 atom stereocenters. The largest absolute Gasteiger partial charge is 0.354 e. The first-order valence-corrected chi connectivity index (χ1v) is 8.21. The molecule has 0 bridgehead atoms. The molecule has 1 aliphatic rings. The minimum atomic E-state index is -0.811. The highest BCUT2D eigenvalue weighted by Crippen LogP contribution is 2.36. The Bertz CT molecular complexity index is 344. The van der Waals surface area contributed by atoms with E-state index in [4.69, 9.17) is 0 Å². The third kappa shape index (κ3) is 4.23. The summed E-state index contributed by atoms with van der Waals surface area (Å²) in [6, 6.07) is 2.31. The highest BCUT2D eigenvalue weighted by atomic mass is 16.2. The molecule has 3 heteroatoms. The van der Waals surface area contributed by atoms with Crippen LogP contribution >= 0.6 is 0 Å². The Balaban J connectivity index is 2.64. The van der Waals surface area contributed by atoms with E-state index in [1.54, 1.807) is 0 Å². The fourth-order valence-electron chi connectivity index (χ4n) is 3.41. The number of hydrogen-bond acceptors (Lipinski definition) is 2. The first-order valence-electron chi connectivity index (χ1n) is 8.21. The van der Waals surface area contributed by atoms with Crippen molar-refractivity contribution in [3.05, 3.63) is 0 Å². The summed E-state index contributed by atoms with van der Waals surface area (Å²) in [5, 5.41) is 12.6. The van der Waals surface area contributed by atoms with Gasteiger partial charge in [0, 0.05) is 6.54 Å². The molecule has 0 aromatic heterocycles. The van der Waals surface area contributed by atoms with Gasteiger partial charge in [0.25, 0.3) is 0 Å². The molecule has 20 heavy (non-hydrogen) atoms. The van der Waals surface area contributed by atoms with Gasteiger partial charge < -0.3 is 5.32 Å². The van der Waals surface area contributed by atoms with Crippen LogP contribution in [0.25, 0.3) is 0 Å². The number of hydrogen-bond donors (Lipinski definition) is 1. The summed E-state index contributed by atoms with van der Waals surface area (Å²) in [4.78, 5) is 12.5. The van der Waals surface area contributed by atoms with Crippen LogP contribution in [-0.4, -0.2) is 12.5 Å². The van der Waals surface area contributed by atoms with Crippen LogP contribution in [0.1, 0.15) is 78.6 Å². The third-order valence-corrected chi connectivity index (χ3v) is 4.74. The molecule has 1 saturated carbocycles. The van der Waals surface area contributed by atoms with Gasteiger partial charge in [-0.15, -0.1) is 0 Å². The molecule has 1 rings (SSSR count). The molecule has 0 saturated heterocycles. The molecule has 0 aromatic carbocycles. The molecule has 1 N–H and O–H groups in total. The van der Waals surface area contributed by atoms with Gasteiger partial charge in [-0.25, -0.2) is 0 Å². The summed E-state index contributed by atoms with van der Waals surface area (Å²) in [5.74, 6) is -0.0458. The highest BCUT2D eigenvalue weighted by molar-refractivity contribution is 5.85. The monoisotopic (exact) mass is 278 g/mol. The predicted octanol–water partition coefficient (Wildman–Crippen LogP) is 4.18. The summed E-state index contributed by atoms with van der Waals surface area (Å²) in [7, 11) is 0. The maximum atomic E-state index is 12.5. The van der Waals surface area contributed by atoms with Gasteiger partial charge in [-0.2, -0.15) is 5.26 Å². The molecule has 0 unspecified atom stereocenters. The van der Waals surface area contributed by atoms with Crippen molar-refractivity contribution in [3.63, 3.8) is 0 Å². The van der Waals surface area contributed by atoms with Crippen LogP contribution in [0.2, 0.25) is 0 Å². The molecular formula is C17H30N2O. The van der Waals surface area contributed by atoms with Gasteiger partial charge >= 0.3 is 0 Å². The van der Waals surface area contributed by atoms with Crippen molar-refractivity contribution in [1.82, 2.24) is 5.32 Å². The molecule has 1 amide bonds. The summed E-state index contributed by atoms with van der Waals surface area (Å²) in [5.41, 5.74) is -0.581. The Hall–Kier alpha value is -1.04. The lowest BCUT2D eigenvalue weighted by molar-refractivity contribution is -0.129. The summed E-state index contributed by atoms with van der Waals surface area (Å²) >= 11 is 0. The first kappa shape index (κ1) is 17.0. The van der Waals surface area contributed by atoms with Crippen molar-refractivity contribution in [2.45, 2.75) is 78.6 Å². The molecule has 1 aliphatic carbocycles. The van der Waals surface area contributed by atoms with Gasteiger partial charge in [0.2, 0.25) is 5.91 Å². The van der Waals surface area contributed by atoms with Crippen molar-refractivity contribution in [3.8, 4) is 6.07 Å². The summed E-state index contributed by atoms with van der Waals surface area (Å²) in [6.45, 7) is 7.07. The Morgan fingerprint density at radius 1 is 1.20 bits per heavy atom. The number of nitrogens with zero attached hydrogens (tertiary/aromatic N) is 1. The van der Waals surface area contributed by atoms with Crippen LogP contribution in [0.5, 0.6) is 0 Å². The summed E-state index contributed by atoms with van der Waals surface area (Å²) < 4.78 is 0. The topological polar surface area (TPSA) is 52.9 Å². The van der Waals surface area contributed by atoms with Gasteiger partial charge in [0.1, 0.15) is 5.41 Å². The van der Waals surface area contributed by atoms with E-state index < -0.39 is 5.41 Å². The molecule has 0 aromatic rings. The second-order valence-electron chi connectivity index (χ2n) is 6.75. The number of nitrogens with one attached hydrogen (secondary N) is 1. The fourth-order valence-corrected chi connectivity index (χ4v) is 3.41. The van der Waals surface area contributed by atoms with Crippen LogP contribution < -0.4 is 5.32 Å². The molecule has 0 spiro atoms. The van der Waals surface area contributed by atoms with Crippen molar-refractivity contribution >= 4 is 5.91 Å². The number of carbonyl (C=O) groups is 1. The van der Waals surface area contributed by atoms with E-state index in [9.17, 15) is 10.1 Å². The van der Waals surface area contributed by atoms with Crippen LogP contribution in [0.15, 0.2) is 0 Å². The quantitative estimate of drug-likeness (QED) is 0.759. The molecule has 114 valence electrons. The van der Waals surface area contributed by atoms with Crippen LogP contribution in [0, 0.1) is 22.2 Å². The van der Waals surface area contributed by atoms with Crippen LogP contribution in [-0.2, 0) is 4.79 Å². The maximum Gasteiger partial charge on any atom is 0.240 e. The lowest BCUT2D eigenvalue weighted by Crippen LogP contribution is -2.45. The average molecular weight is 278 g/mol. The van der Waals surface area contributed by atoms with E-state index in [-0.39, 0.29) is 11.3 Å². The van der Waals surface area contributed by atoms with E-state index in [0.29, 0.717) is 12.8 Å². The minimum Gasteiger partial charge on any atom is -0.354 e.